The fourth-order valence-corrected chi connectivity index (χ4v) is 2.09. The summed E-state index contributed by atoms with van der Waals surface area (Å²) in [5.74, 6) is -1.14. The van der Waals surface area contributed by atoms with Crippen LogP contribution in [-0.2, 0) is 9.59 Å². The summed E-state index contributed by atoms with van der Waals surface area (Å²) in [7, 11) is 0. The lowest BCUT2D eigenvalue weighted by Crippen LogP contribution is -2.41. The van der Waals surface area contributed by atoms with Crippen LogP contribution in [0.5, 0.6) is 0 Å². The second-order valence-electron chi connectivity index (χ2n) is 4.00. The molecule has 0 radical (unpaired) electrons. The van der Waals surface area contributed by atoms with Crippen molar-refractivity contribution in [3.8, 4) is 0 Å². The Morgan fingerprint density at radius 3 is 2.44 bits per heavy atom. The molecule has 0 aliphatic carbocycles. The van der Waals surface area contributed by atoms with Crippen LogP contribution < -0.4 is 10.6 Å². The van der Waals surface area contributed by atoms with Gasteiger partial charge in [0, 0.05) is 18.4 Å². The molecule has 2 N–H and O–H groups in total. The molecule has 4 nitrogen and oxygen atoms in total. The smallest absolute Gasteiger partial charge is 0.233 e. The zero-order valence-corrected chi connectivity index (χ0v) is 10.3. The van der Waals surface area contributed by atoms with Gasteiger partial charge in [0.05, 0.1) is 5.69 Å². The molecule has 0 unspecified atom stereocenters. The molecule has 0 bridgehead atoms. The van der Waals surface area contributed by atoms with Crippen LogP contribution in [0.2, 0.25) is 0 Å². The summed E-state index contributed by atoms with van der Waals surface area (Å²) in [5, 5.41) is 0. The fourth-order valence-electron chi connectivity index (χ4n) is 1.92. The number of carbonyl (C=O) groups is 2. The Hall–Kier alpha value is -1.82. The van der Waals surface area contributed by atoms with Crippen LogP contribution in [0.4, 0.5) is 10.1 Å². The Morgan fingerprint density at radius 2 is 1.89 bits per heavy atom. The molecule has 1 fully saturated rings. The summed E-state index contributed by atoms with van der Waals surface area (Å²) in [5.41, 5.74) is 5.96. The van der Waals surface area contributed by atoms with Crippen molar-refractivity contribution in [1.29, 1.82) is 0 Å². The van der Waals surface area contributed by atoms with Crippen molar-refractivity contribution < 1.29 is 14.0 Å². The number of halogens is 1. The number of piperidine rings is 1. The monoisotopic (exact) mass is 266 g/mol. The Bertz CT molecular complexity index is 529. The number of anilines is 1. The van der Waals surface area contributed by atoms with E-state index in [1.165, 1.54) is 12.1 Å². The van der Waals surface area contributed by atoms with E-state index in [2.05, 4.69) is 0 Å². The first kappa shape index (κ1) is 12.6. The van der Waals surface area contributed by atoms with E-state index in [1.807, 2.05) is 0 Å². The van der Waals surface area contributed by atoms with Gasteiger partial charge in [-0.3, -0.25) is 9.59 Å². The largest absolute Gasteiger partial charge is 0.389 e. The lowest BCUT2D eigenvalue weighted by molar-refractivity contribution is -0.129. The van der Waals surface area contributed by atoms with Gasteiger partial charge in [-0.2, -0.15) is 0 Å². The highest BCUT2D eigenvalue weighted by molar-refractivity contribution is 7.80. The van der Waals surface area contributed by atoms with Crippen molar-refractivity contribution in [3.63, 3.8) is 0 Å². The SMILES string of the molecule is NC(=S)c1cc(F)ccc1N1C(=O)CCCC1=O. The van der Waals surface area contributed by atoms with Crippen LogP contribution in [0.25, 0.3) is 0 Å². The Balaban J connectivity index is 2.52. The van der Waals surface area contributed by atoms with Crippen LogP contribution in [0.3, 0.4) is 0 Å². The van der Waals surface area contributed by atoms with E-state index in [9.17, 15) is 14.0 Å². The minimum absolute atomic E-state index is 0.0457. The van der Waals surface area contributed by atoms with E-state index in [1.54, 1.807) is 0 Å². The van der Waals surface area contributed by atoms with Gasteiger partial charge in [-0.15, -0.1) is 0 Å². The molecule has 0 saturated carbocycles. The molecule has 1 saturated heterocycles. The Morgan fingerprint density at radius 1 is 1.28 bits per heavy atom. The lowest BCUT2D eigenvalue weighted by atomic mass is 10.1. The molecule has 0 aromatic heterocycles. The highest BCUT2D eigenvalue weighted by Gasteiger charge is 2.29. The summed E-state index contributed by atoms with van der Waals surface area (Å²) < 4.78 is 13.2. The summed E-state index contributed by atoms with van der Waals surface area (Å²) >= 11 is 4.82. The van der Waals surface area contributed by atoms with E-state index in [0.717, 1.165) is 11.0 Å². The van der Waals surface area contributed by atoms with Gasteiger partial charge < -0.3 is 5.73 Å². The zero-order valence-electron chi connectivity index (χ0n) is 9.48. The molecule has 94 valence electrons. The van der Waals surface area contributed by atoms with Crippen molar-refractivity contribution in [2.75, 3.05) is 4.90 Å². The lowest BCUT2D eigenvalue weighted by Gasteiger charge is -2.26. The molecule has 1 aromatic carbocycles. The first-order chi connectivity index (χ1) is 8.50. The number of amides is 2. The number of hydrogen-bond donors (Lipinski definition) is 1. The van der Waals surface area contributed by atoms with Gasteiger partial charge in [-0.25, -0.2) is 9.29 Å². The normalized spacial score (nSPS) is 15.9. The predicted molar refractivity (Wildman–Crippen MR) is 68.6 cm³/mol. The quantitative estimate of drug-likeness (QED) is 0.651. The van der Waals surface area contributed by atoms with Gasteiger partial charge in [0.25, 0.3) is 0 Å². The number of hydrogen-bond acceptors (Lipinski definition) is 3. The van der Waals surface area contributed by atoms with E-state index >= 15 is 0 Å². The fraction of sp³-hybridized carbons (Fsp3) is 0.250. The minimum Gasteiger partial charge on any atom is -0.389 e. The molecule has 2 amide bonds. The molecular weight excluding hydrogens is 255 g/mol. The average molecular weight is 266 g/mol. The summed E-state index contributed by atoms with van der Waals surface area (Å²) in [6, 6.07) is 3.66. The van der Waals surface area contributed by atoms with E-state index in [0.29, 0.717) is 19.3 Å². The maximum absolute atomic E-state index is 13.2. The molecule has 2 rings (SSSR count). The first-order valence-electron chi connectivity index (χ1n) is 5.46. The van der Waals surface area contributed by atoms with Crippen molar-refractivity contribution in [3.05, 3.63) is 29.6 Å². The molecule has 6 heteroatoms. The van der Waals surface area contributed by atoms with Crippen molar-refractivity contribution in [2.45, 2.75) is 19.3 Å². The maximum Gasteiger partial charge on any atom is 0.233 e. The third kappa shape index (κ3) is 2.24. The van der Waals surface area contributed by atoms with Crippen molar-refractivity contribution in [1.82, 2.24) is 0 Å². The van der Waals surface area contributed by atoms with E-state index in [-0.39, 0.29) is 28.1 Å². The highest BCUT2D eigenvalue weighted by atomic mass is 32.1. The van der Waals surface area contributed by atoms with E-state index in [4.69, 9.17) is 18.0 Å². The van der Waals surface area contributed by atoms with Crippen LogP contribution >= 0.6 is 12.2 Å². The van der Waals surface area contributed by atoms with Crippen molar-refractivity contribution in [2.24, 2.45) is 5.73 Å². The van der Waals surface area contributed by atoms with Gasteiger partial charge in [0.15, 0.2) is 0 Å². The van der Waals surface area contributed by atoms with Crippen LogP contribution in [-0.4, -0.2) is 16.8 Å². The Kier molecular flexibility index (Phi) is 3.38. The summed E-state index contributed by atoms with van der Waals surface area (Å²) in [6.45, 7) is 0. The van der Waals surface area contributed by atoms with Crippen LogP contribution in [0.1, 0.15) is 24.8 Å². The number of carbonyl (C=O) groups excluding carboxylic acids is 2. The molecule has 1 heterocycles. The summed E-state index contributed by atoms with van der Waals surface area (Å²) in [6.07, 6.45) is 1.12. The van der Waals surface area contributed by atoms with Gasteiger partial charge in [-0.1, -0.05) is 12.2 Å². The third-order valence-corrected chi connectivity index (χ3v) is 2.96. The molecule has 0 spiro atoms. The number of nitrogens with zero attached hydrogens (tertiary/aromatic N) is 1. The maximum atomic E-state index is 13.2. The van der Waals surface area contributed by atoms with Gasteiger partial charge in [0.1, 0.15) is 10.8 Å². The number of imide groups is 1. The molecule has 18 heavy (non-hydrogen) atoms. The standard InChI is InChI=1S/C12H11FN2O2S/c13-7-4-5-9(8(6-7)12(14)18)15-10(16)2-1-3-11(15)17/h4-6H,1-3H2,(H2,14,18). The minimum atomic E-state index is -0.515. The first-order valence-corrected chi connectivity index (χ1v) is 5.86. The number of nitrogens with two attached hydrogens (primary N) is 1. The number of rotatable bonds is 2. The number of benzene rings is 1. The summed E-state index contributed by atoms with van der Waals surface area (Å²) in [4.78, 5) is 24.6. The predicted octanol–water partition coefficient (Wildman–Crippen LogP) is 1.50. The van der Waals surface area contributed by atoms with Gasteiger partial charge >= 0.3 is 0 Å². The molecule has 1 aromatic rings. The molecule has 1 aliphatic rings. The molecular formula is C12H11FN2O2S. The third-order valence-electron chi connectivity index (χ3n) is 2.75. The second kappa shape index (κ2) is 4.81. The zero-order chi connectivity index (χ0) is 13.3. The number of thiocarbonyl (C=S) groups is 1. The topological polar surface area (TPSA) is 63.4 Å². The second-order valence-corrected chi connectivity index (χ2v) is 4.44. The highest BCUT2D eigenvalue weighted by Crippen LogP contribution is 2.26. The van der Waals surface area contributed by atoms with E-state index < -0.39 is 5.82 Å². The van der Waals surface area contributed by atoms with Crippen molar-refractivity contribution >= 4 is 34.7 Å². The Labute approximate surface area is 109 Å². The molecule has 1 aliphatic heterocycles. The van der Waals surface area contributed by atoms with Crippen LogP contribution in [0, 0.1) is 5.82 Å². The van der Waals surface area contributed by atoms with Gasteiger partial charge in [-0.05, 0) is 24.6 Å². The van der Waals surface area contributed by atoms with Gasteiger partial charge in [0.2, 0.25) is 11.8 Å². The van der Waals surface area contributed by atoms with Crippen LogP contribution in [0.15, 0.2) is 18.2 Å². The average Bonchev–Trinajstić information content (AvgIpc) is 2.30. The molecule has 0 atom stereocenters.